The molecule has 0 unspecified atom stereocenters. The first-order valence-electron chi connectivity index (χ1n) is 5.15. The van der Waals surface area contributed by atoms with Crippen molar-refractivity contribution in [3.05, 3.63) is 47.1 Å². The second kappa shape index (κ2) is 5.03. The monoisotopic (exact) mass is 248 g/mol. The minimum Gasteiger partial charge on any atom is -0.355 e. The molecule has 5 heteroatoms. The van der Waals surface area contributed by atoms with Crippen LogP contribution >= 0.6 is 11.6 Å². The van der Waals surface area contributed by atoms with E-state index in [2.05, 4.69) is 15.7 Å². The molecule has 4 N–H and O–H groups in total. The van der Waals surface area contributed by atoms with E-state index in [-0.39, 0.29) is 0 Å². The molecule has 0 aliphatic carbocycles. The van der Waals surface area contributed by atoms with Gasteiger partial charge in [-0.2, -0.15) is 0 Å². The fourth-order valence-corrected chi connectivity index (χ4v) is 1.61. The number of nitrogens with zero attached hydrogens (tertiary/aromatic N) is 1. The third-order valence-corrected chi connectivity index (χ3v) is 2.78. The van der Waals surface area contributed by atoms with Crippen LogP contribution < -0.4 is 16.6 Å². The van der Waals surface area contributed by atoms with Gasteiger partial charge in [-0.15, -0.1) is 0 Å². The van der Waals surface area contributed by atoms with Crippen molar-refractivity contribution in [3.63, 3.8) is 0 Å². The van der Waals surface area contributed by atoms with E-state index in [1.54, 1.807) is 6.20 Å². The summed E-state index contributed by atoms with van der Waals surface area (Å²) in [5, 5.41) is 3.96. The van der Waals surface area contributed by atoms with Crippen molar-refractivity contribution in [2.24, 2.45) is 5.84 Å². The Labute approximate surface area is 105 Å². The number of aromatic nitrogens is 1. The minimum absolute atomic E-state index is 0.605. The zero-order valence-electron chi connectivity index (χ0n) is 9.37. The largest absolute Gasteiger partial charge is 0.355 e. The van der Waals surface area contributed by atoms with Gasteiger partial charge in [-0.05, 0) is 30.7 Å². The highest BCUT2D eigenvalue weighted by molar-refractivity contribution is 6.31. The number of halogens is 1. The Morgan fingerprint density at radius 1 is 1.18 bits per heavy atom. The van der Waals surface area contributed by atoms with Crippen molar-refractivity contribution in [1.29, 1.82) is 0 Å². The number of hydrogen-bond acceptors (Lipinski definition) is 4. The van der Waals surface area contributed by atoms with Crippen molar-refractivity contribution in [3.8, 4) is 0 Å². The quantitative estimate of drug-likeness (QED) is 0.577. The number of aryl methyl sites for hydroxylation is 1. The van der Waals surface area contributed by atoms with Crippen LogP contribution in [0.3, 0.4) is 0 Å². The summed E-state index contributed by atoms with van der Waals surface area (Å²) in [6, 6.07) is 9.49. The average molecular weight is 249 g/mol. The number of anilines is 3. The number of nitrogen functional groups attached to an aromatic ring is 1. The van der Waals surface area contributed by atoms with Gasteiger partial charge in [0.15, 0.2) is 0 Å². The Hall–Kier alpha value is -1.78. The molecule has 0 saturated carbocycles. The van der Waals surface area contributed by atoms with Crippen LogP contribution in [0.2, 0.25) is 5.02 Å². The van der Waals surface area contributed by atoms with Crippen molar-refractivity contribution in [1.82, 2.24) is 4.98 Å². The number of nitrogens with one attached hydrogen (secondary N) is 2. The second-order valence-electron chi connectivity index (χ2n) is 3.66. The van der Waals surface area contributed by atoms with Crippen molar-refractivity contribution in [2.45, 2.75) is 6.92 Å². The smallest absolute Gasteiger partial charge is 0.141 e. The molecule has 17 heavy (non-hydrogen) atoms. The van der Waals surface area contributed by atoms with Gasteiger partial charge in [0, 0.05) is 28.7 Å². The lowest BCUT2D eigenvalue weighted by Crippen LogP contribution is -2.08. The molecule has 0 saturated heterocycles. The van der Waals surface area contributed by atoms with E-state index in [1.165, 1.54) is 0 Å². The van der Waals surface area contributed by atoms with Crippen LogP contribution in [-0.4, -0.2) is 4.98 Å². The zero-order valence-corrected chi connectivity index (χ0v) is 10.1. The van der Waals surface area contributed by atoms with Gasteiger partial charge in [0.1, 0.15) is 5.82 Å². The third kappa shape index (κ3) is 2.87. The van der Waals surface area contributed by atoms with Gasteiger partial charge in [-0.3, -0.25) is 0 Å². The van der Waals surface area contributed by atoms with Gasteiger partial charge in [-0.1, -0.05) is 17.7 Å². The molecule has 0 bridgehead atoms. The molecule has 0 aliphatic heterocycles. The lowest BCUT2D eigenvalue weighted by molar-refractivity contribution is 1.23. The fraction of sp³-hybridized carbons (Fsp3) is 0.0833. The lowest BCUT2D eigenvalue weighted by atomic mass is 10.2. The van der Waals surface area contributed by atoms with Crippen LogP contribution in [0.4, 0.5) is 17.2 Å². The topological polar surface area (TPSA) is 63.0 Å². The van der Waals surface area contributed by atoms with Crippen LogP contribution in [0.25, 0.3) is 0 Å². The lowest BCUT2D eigenvalue weighted by Gasteiger charge is -2.08. The van der Waals surface area contributed by atoms with Crippen LogP contribution in [0.15, 0.2) is 36.5 Å². The van der Waals surface area contributed by atoms with E-state index < -0.39 is 0 Å². The summed E-state index contributed by atoms with van der Waals surface area (Å²) < 4.78 is 0. The van der Waals surface area contributed by atoms with Crippen molar-refractivity contribution >= 4 is 28.8 Å². The van der Waals surface area contributed by atoms with E-state index in [0.29, 0.717) is 5.82 Å². The standard InChI is InChI=1S/C12H13ClN4/c1-8-2-3-9(6-11(8)13)16-10-4-5-15-12(7-10)17-14/h2-7H,14H2,1H3,(H2,15,16,17). The maximum Gasteiger partial charge on any atom is 0.141 e. The first kappa shape index (κ1) is 11.7. The molecule has 0 amide bonds. The molecule has 0 spiro atoms. The molecule has 0 radical (unpaired) electrons. The summed E-state index contributed by atoms with van der Waals surface area (Å²) >= 11 is 6.05. The number of pyridine rings is 1. The molecule has 1 heterocycles. The summed E-state index contributed by atoms with van der Waals surface area (Å²) in [4.78, 5) is 4.03. The van der Waals surface area contributed by atoms with Gasteiger partial charge in [-0.25, -0.2) is 10.8 Å². The average Bonchev–Trinajstić information content (AvgIpc) is 2.34. The predicted molar refractivity (Wildman–Crippen MR) is 71.5 cm³/mol. The van der Waals surface area contributed by atoms with Crippen LogP contribution in [0.5, 0.6) is 0 Å². The maximum atomic E-state index is 6.05. The van der Waals surface area contributed by atoms with Crippen LogP contribution in [-0.2, 0) is 0 Å². The van der Waals surface area contributed by atoms with Crippen molar-refractivity contribution in [2.75, 3.05) is 10.7 Å². The van der Waals surface area contributed by atoms with Gasteiger partial charge in [0.2, 0.25) is 0 Å². The Bertz CT molecular complexity index is 528. The number of hydrogen-bond donors (Lipinski definition) is 3. The molecule has 0 aliphatic rings. The maximum absolute atomic E-state index is 6.05. The molecule has 1 aromatic heterocycles. The van der Waals surface area contributed by atoms with E-state index in [1.807, 2.05) is 37.3 Å². The molecule has 88 valence electrons. The van der Waals surface area contributed by atoms with Crippen LogP contribution in [0, 0.1) is 6.92 Å². The predicted octanol–water partition coefficient (Wildman–Crippen LogP) is 3.07. The van der Waals surface area contributed by atoms with Gasteiger partial charge >= 0.3 is 0 Å². The third-order valence-electron chi connectivity index (χ3n) is 2.37. The minimum atomic E-state index is 0.605. The molecule has 1 aromatic carbocycles. The Morgan fingerprint density at radius 2 is 1.94 bits per heavy atom. The number of benzene rings is 1. The van der Waals surface area contributed by atoms with Gasteiger partial charge in [0.05, 0.1) is 0 Å². The highest BCUT2D eigenvalue weighted by atomic mass is 35.5. The zero-order chi connectivity index (χ0) is 12.3. The SMILES string of the molecule is Cc1ccc(Nc2ccnc(NN)c2)cc1Cl. The van der Waals surface area contributed by atoms with E-state index in [4.69, 9.17) is 17.4 Å². The molecule has 2 rings (SSSR count). The summed E-state index contributed by atoms with van der Waals surface area (Å²) in [5.41, 5.74) is 5.37. The van der Waals surface area contributed by atoms with Crippen molar-refractivity contribution < 1.29 is 0 Å². The Balaban J connectivity index is 2.22. The van der Waals surface area contributed by atoms with E-state index in [0.717, 1.165) is 22.0 Å². The number of hydrazine groups is 1. The van der Waals surface area contributed by atoms with Crippen LogP contribution in [0.1, 0.15) is 5.56 Å². The highest BCUT2D eigenvalue weighted by Crippen LogP contribution is 2.23. The van der Waals surface area contributed by atoms with E-state index >= 15 is 0 Å². The van der Waals surface area contributed by atoms with E-state index in [9.17, 15) is 0 Å². The fourth-order valence-electron chi connectivity index (χ4n) is 1.42. The summed E-state index contributed by atoms with van der Waals surface area (Å²) in [6.45, 7) is 1.97. The molecule has 0 atom stereocenters. The normalized spacial score (nSPS) is 10.1. The summed E-state index contributed by atoms with van der Waals surface area (Å²) in [7, 11) is 0. The first-order valence-corrected chi connectivity index (χ1v) is 5.52. The highest BCUT2D eigenvalue weighted by Gasteiger charge is 1.99. The summed E-state index contributed by atoms with van der Waals surface area (Å²) in [5.74, 6) is 5.90. The van der Waals surface area contributed by atoms with Gasteiger partial charge < -0.3 is 10.7 Å². The molecular weight excluding hydrogens is 236 g/mol. The Kier molecular flexibility index (Phi) is 3.46. The number of nitrogens with two attached hydrogens (primary N) is 1. The first-order chi connectivity index (χ1) is 8.19. The molecular formula is C12H13ClN4. The second-order valence-corrected chi connectivity index (χ2v) is 4.07. The Morgan fingerprint density at radius 3 is 2.65 bits per heavy atom. The number of rotatable bonds is 3. The molecule has 4 nitrogen and oxygen atoms in total. The van der Waals surface area contributed by atoms with Gasteiger partial charge in [0.25, 0.3) is 0 Å². The summed E-state index contributed by atoms with van der Waals surface area (Å²) in [6.07, 6.45) is 1.67. The molecule has 0 fully saturated rings. The molecule has 2 aromatic rings.